The fraction of sp³-hybridized carbons (Fsp3) is 0.515. The number of nitrogens with zero attached hydrogens (tertiary/aromatic N) is 1. The third-order valence-electron chi connectivity index (χ3n) is 8.75. The Hall–Kier alpha value is -3.72. The van der Waals surface area contributed by atoms with Crippen LogP contribution in [0.4, 0.5) is 0 Å². The molecule has 42 heavy (non-hydrogen) atoms. The molecule has 3 amide bonds. The molecule has 1 aliphatic heterocycles. The number of likely N-dealkylation sites (N-methyl/N-ethyl adjacent to an activating group) is 1. The van der Waals surface area contributed by atoms with Crippen LogP contribution in [0.25, 0.3) is 0 Å². The summed E-state index contributed by atoms with van der Waals surface area (Å²) >= 11 is 0. The first-order chi connectivity index (χ1) is 20.3. The normalized spacial score (nSPS) is 19.5. The molecule has 2 aromatic rings. The van der Waals surface area contributed by atoms with E-state index in [2.05, 4.69) is 16.0 Å². The highest BCUT2D eigenvalue weighted by atomic mass is 16.5. The van der Waals surface area contributed by atoms with Crippen LogP contribution >= 0.6 is 0 Å². The Labute approximate surface area is 248 Å². The molecule has 4 atom stereocenters. The lowest BCUT2D eigenvalue weighted by Crippen LogP contribution is -2.59. The molecule has 2 aromatic carbocycles. The number of rotatable bonds is 11. The molecule has 2 fully saturated rings. The summed E-state index contributed by atoms with van der Waals surface area (Å²) in [4.78, 5) is 55.7. The van der Waals surface area contributed by atoms with Crippen molar-refractivity contribution in [3.63, 3.8) is 0 Å². The number of esters is 1. The summed E-state index contributed by atoms with van der Waals surface area (Å²) in [6.07, 6.45) is 5.99. The quantitative estimate of drug-likeness (QED) is 0.354. The van der Waals surface area contributed by atoms with Crippen LogP contribution in [0, 0.1) is 5.92 Å². The molecule has 1 aliphatic carbocycles. The monoisotopic (exact) mass is 576 g/mol. The van der Waals surface area contributed by atoms with Crippen LogP contribution in [0.15, 0.2) is 60.7 Å². The summed E-state index contributed by atoms with van der Waals surface area (Å²) in [7, 11) is 3.02. The zero-order valence-electron chi connectivity index (χ0n) is 24.9. The number of methoxy groups -OCH3 is 1. The molecule has 3 N–H and O–H groups in total. The maximum atomic E-state index is 14.1. The Balaban J connectivity index is 1.59. The third-order valence-corrected chi connectivity index (χ3v) is 8.75. The predicted octanol–water partition coefficient (Wildman–Crippen LogP) is 3.14. The van der Waals surface area contributed by atoms with E-state index >= 15 is 0 Å². The standard InChI is InChI=1S/C33H44N4O5/c1-22(34-2)30(38)35-28(25-18-11-6-12-19-25)32(40)37-21-13-20-26(37)31(39)36-29(33(41)42-3)27(23-14-7-4-8-15-23)24-16-9-5-10-17-24/h4-5,7-10,14-17,22,25-29,34H,6,11-13,18-21H2,1-3H3,(H,35,38)(H,36,39)/t22-,26?,28?,29-/m0/s1. The summed E-state index contributed by atoms with van der Waals surface area (Å²) in [5.74, 6) is -1.90. The molecular formula is C33H44N4O5. The van der Waals surface area contributed by atoms with Gasteiger partial charge >= 0.3 is 5.97 Å². The second kappa shape index (κ2) is 15.0. The minimum absolute atomic E-state index is 0.0203. The maximum absolute atomic E-state index is 14.1. The van der Waals surface area contributed by atoms with Gasteiger partial charge in [0, 0.05) is 12.5 Å². The zero-order valence-corrected chi connectivity index (χ0v) is 24.9. The lowest BCUT2D eigenvalue weighted by molar-refractivity contribution is -0.147. The van der Waals surface area contributed by atoms with E-state index in [9.17, 15) is 19.2 Å². The fourth-order valence-electron chi connectivity index (χ4n) is 6.29. The first-order valence-electron chi connectivity index (χ1n) is 15.1. The lowest BCUT2D eigenvalue weighted by atomic mass is 9.83. The number of amides is 3. The van der Waals surface area contributed by atoms with Crippen LogP contribution < -0.4 is 16.0 Å². The Morgan fingerprint density at radius 3 is 1.98 bits per heavy atom. The average molecular weight is 577 g/mol. The molecule has 9 nitrogen and oxygen atoms in total. The second-order valence-electron chi connectivity index (χ2n) is 11.4. The van der Waals surface area contributed by atoms with Crippen molar-refractivity contribution in [2.75, 3.05) is 20.7 Å². The number of benzene rings is 2. The van der Waals surface area contributed by atoms with E-state index in [1.165, 1.54) is 7.11 Å². The van der Waals surface area contributed by atoms with Crippen molar-refractivity contribution >= 4 is 23.7 Å². The first kappa shape index (κ1) is 31.2. The van der Waals surface area contributed by atoms with E-state index in [1.54, 1.807) is 18.9 Å². The van der Waals surface area contributed by atoms with Gasteiger partial charge in [-0.05, 0) is 56.7 Å². The fourth-order valence-corrected chi connectivity index (χ4v) is 6.29. The molecule has 2 aliphatic rings. The molecule has 0 spiro atoms. The number of likely N-dealkylation sites (tertiary alicyclic amines) is 1. The van der Waals surface area contributed by atoms with Gasteiger partial charge in [-0.2, -0.15) is 0 Å². The summed E-state index contributed by atoms with van der Waals surface area (Å²) in [5, 5.41) is 8.92. The zero-order chi connectivity index (χ0) is 30.1. The summed E-state index contributed by atoms with van der Waals surface area (Å²) in [6, 6.07) is 16.2. The highest BCUT2D eigenvalue weighted by molar-refractivity contribution is 5.95. The number of carbonyl (C=O) groups excluding carboxylic acids is 4. The minimum atomic E-state index is -1.00. The maximum Gasteiger partial charge on any atom is 0.329 e. The van der Waals surface area contributed by atoms with Gasteiger partial charge in [0.25, 0.3) is 0 Å². The van der Waals surface area contributed by atoms with Crippen LogP contribution in [0.2, 0.25) is 0 Å². The van der Waals surface area contributed by atoms with Gasteiger partial charge in [0.05, 0.1) is 13.2 Å². The van der Waals surface area contributed by atoms with Crippen molar-refractivity contribution in [2.24, 2.45) is 5.92 Å². The van der Waals surface area contributed by atoms with E-state index in [0.29, 0.717) is 19.4 Å². The van der Waals surface area contributed by atoms with Gasteiger partial charge < -0.3 is 25.6 Å². The summed E-state index contributed by atoms with van der Waals surface area (Å²) in [5.41, 5.74) is 1.72. The molecule has 9 heteroatoms. The van der Waals surface area contributed by atoms with Crippen molar-refractivity contribution in [2.45, 2.75) is 82.0 Å². The van der Waals surface area contributed by atoms with E-state index in [1.807, 2.05) is 60.7 Å². The Kier molecular flexibility index (Phi) is 11.1. The summed E-state index contributed by atoms with van der Waals surface area (Å²) in [6.45, 7) is 2.17. The van der Waals surface area contributed by atoms with Crippen molar-refractivity contribution in [1.82, 2.24) is 20.9 Å². The molecule has 1 heterocycles. The SMILES string of the molecule is CN[C@@H](C)C(=O)NC(C(=O)N1CCCC1C(=O)N[C@H](C(=O)OC)C(c1ccccc1)c1ccccc1)C1CCCCC1. The molecule has 0 aromatic heterocycles. The van der Waals surface area contributed by atoms with Gasteiger partial charge in [-0.25, -0.2) is 4.79 Å². The van der Waals surface area contributed by atoms with Crippen molar-refractivity contribution in [3.05, 3.63) is 71.8 Å². The van der Waals surface area contributed by atoms with E-state index < -0.39 is 42.0 Å². The average Bonchev–Trinajstić information content (AvgIpc) is 3.54. The molecular weight excluding hydrogens is 532 g/mol. The van der Waals surface area contributed by atoms with Crippen molar-refractivity contribution < 1.29 is 23.9 Å². The molecule has 4 rings (SSSR count). The Bertz CT molecular complexity index is 1160. The van der Waals surface area contributed by atoms with Crippen LogP contribution in [-0.4, -0.2) is 73.5 Å². The van der Waals surface area contributed by atoms with Crippen LogP contribution in [0.5, 0.6) is 0 Å². The predicted molar refractivity (Wildman–Crippen MR) is 160 cm³/mol. The molecule has 1 saturated carbocycles. The lowest BCUT2D eigenvalue weighted by Gasteiger charge is -2.35. The Morgan fingerprint density at radius 2 is 1.43 bits per heavy atom. The first-order valence-corrected chi connectivity index (χ1v) is 15.1. The summed E-state index contributed by atoms with van der Waals surface area (Å²) < 4.78 is 5.18. The number of nitrogens with one attached hydrogen (secondary N) is 3. The van der Waals surface area contributed by atoms with Gasteiger partial charge in [-0.3, -0.25) is 14.4 Å². The van der Waals surface area contributed by atoms with Crippen LogP contribution in [-0.2, 0) is 23.9 Å². The molecule has 0 radical (unpaired) electrons. The van der Waals surface area contributed by atoms with Crippen molar-refractivity contribution in [1.29, 1.82) is 0 Å². The third kappa shape index (κ3) is 7.37. The van der Waals surface area contributed by atoms with Crippen molar-refractivity contribution in [3.8, 4) is 0 Å². The Morgan fingerprint density at radius 1 is 0.833 bits per heavy atom. The molecule has 226 valence electrons. The molecule has 1 saturated heterocycles. The highest BCUT2D eigenvalue weighted by Gasteiger charge is 2.43. The largest absolute Gasteiger partial charge is 0.467 e. The van der Waals surface area contributed by atoms with Gasteiger partial charge in [-0.15, -0.1) is 0 Å². The van der Waals surface area contributed by atoms with E-state index in [0.717, 1.165) is 43.2 Å². The number of hydrogen-bond acceptors (Lipinski definition) is 6. The topological polar surface area (TPSA) is 117 Å². The van der Waals surface area contributed by atoms with Gasteiger partial charge in [-0.1, -0.05) is 79.9 Å². The number of ether oxygens (including phenoxy) is 1. The van der Waals surface area contributed by atoms with Gasteiger partial charge in [0.1, 0.15) is 18.1 Å². The van der Waals surface area contributed by atoms with Gasteiger partial charge in [0.15, 0.2) is 0 Å². The van der Waals surface area contributed by atoms with Gasteiger partial charge in [0.2, 0.25) is 17.7 Å². The van der Waals surface area contributed by atoms with Crippen LogP contribution in [0.1, 0.15) is 68.9 Å². The van der Waals surface area contributed by atoms with Crippen LogP contribution in [0.3, 0.4) is 0 Å². The van der Waals surface area contributed by atoms with E-state index in [4.69, 9.17) is 4.74 Å². The van der Waals surface area contributed by atoms with E-state index in [-0.39, 0.29) is 17.7 Å². The molecule has 2 unspecified atom stereocenters. The number of hydrogen-bond donors (Lipinski definition) is 3. The smallest absolute Gasteiger partial charge is 0.329 e. The second-order valence-corrected chi connectivity index (χ2v) is 11.4. The molecule has 0 bridgehead atoms. The number of carbonyl (C=O) groups is 4. The highest BCUT2D eigenvalue weighted by Crippen LogP contribution is 2.31. The minimum Gasteiger partial charge on any atom is -0.467 e.